The molecule has 1 aliphatic heterocycles. The number of nitrogens with one attached hydrogen (secondary N) is 2. The van der Waals surface area contributed by atoms with E-state index in [-0.39, 0.29) is 0 Å². The number of nitrogens with zero attached hydrogens (tertiary/aromatic N) is 2. The molecule has 2 atom stereocenters. The molecule has 0 saturated heterocycles. The number of hydrogen-bond acceptors (Lipinski definition) is 4. The number of aromatic nitrogens is 2. The molecular weight excluding hydrogens is 344 g/mol. The fraction of sp³-hybridized carbons (Fsp3) is 0.333. The van der Waals surface area contributed by atoms with Gasteiger partial charge in [0.05, 0.1) is 11.4 Å². The van der Waals surface area contributed by atoms with Gasteiger partial charge in [0.1, 0.15) is 0 Å². The van der Waals surface area contributed by atoms with Crippen LogP contribution in [0, 0.1) is 19.8 Å². The van der Waals surface area contributed by atoms with E-state index in [1.54, 1.807) is 0 Å². The Morgan fingerprint density at radius 1 is 1.11 bits per heavy atom. The van der Waals surface area contributed by atoms with Crippen LogP contribution in [0.5, 0.6) is 0 Å². The van der Waals surface area contributed by atoms with Crippen LogP contribution in [-0.4, -0.2) is 23.1 Å². The summed E-state index contributed by atoms with van der Waals surface area (Å²) in [4.78, 5) is 9.06. The Morgan fingerprint density at radius 3 is 2.79 bits per heavy atom. The fourth-order valence-corrected chi connectivity index (χ4v) is 4.12. The van der Waals surface area contributed by atoms with Gasteiger partial charge in [-0.2, -0.15) is 0 Å². The molecule has 4 rings (SSSR count). The van der Waals surface area contributed by atoms with Crippen molar-refractivity contribution in [3.05, 3.63) is 89.0 Å². The predicted octanol–water partition coefficient (Wildman–Crippen LogP) is 4.25. The summed E-state index contributed by atoms with van der Waals surface area (Å²) in [7, 11) is 0. The van der Waals surface area contributed by atoms with Crippen LogP contribution in [0.25, 0.3) is 0 Å². The Balaban J connectivity index is 1.49. The normalized spacial score (nSPS) is 16.9. The Kier molecular flexibility index (Phi) is 5.68. The molecule has 0 aliphatic carbocycles. The van der Waals surface area contributed by atoms with Gasteiger partial charge in [-0.15, -0.1) is 0 Å². The fourth-order valence-electron chi connectivity index (χ4n) is 4.12. The van der Waals surface area contributed by atoms with Gasteiger partial charge in [-0.25, -0.2) is 0 Å². The summed E-state index contributed by atoms with van der Waals surface area (Å²) in [6, 6.07) is 17.4. The van der Waals surface area contributed by atoms with Crippen LogP contribution in [0.2, 0.25) is 0 Å². The molecule has 0 bridgehead atoms. The molecule has 0 spiro atoms. The van der Waals surface area contributed by atoms with Crippen molar-refractivity contribution in [3.8, 4) is 0 Å². The van der Waals surface area contributed by atoms with Gasteiger partial charge in [-0.3, -0.25) is 9.97 Å². The highest BCUT2D eigenvalue weighted by Crippen LogP contribution is 2.31. The Bertz CT molecular complexity index is 923. The first-order valence-corrected chi connectivity index (χ1v) is 10.1. The number of fused-ring (bicyclic) bond motifs is 1. The van der Waals surface area contributed by atoms with Gasteiger partial charge in [-0.05, 0) is 68.1 Å². The van der Waals surface area contributed by atoms with E-state index >= 15 is 0 Å². The molecule has 3 heterocycles. The number of hydrogen-bond donors (Lipinski definition) is 2. The molecule has 3 aromatic rings. The molecule has 1 aromatic carbocycles. The van der Waals surface area contributed by atoms with E-state index in [1.165, 1.54) is 28.1 Å². The zero-order valence-corrected chi connectivity index (χ0v) is 16.7. The van der Waals surface area contributed by atoms with E-state index < -0.39 is 0 Å². The summed E-state index contributed by atoms with van der Waals surface area (Å²) in [5.74, 6) is 0.460. The van der Waals surface area contributed by atoms with Crippen molar-refractivity contribution < 1.29 is 0 Å². The first-order valence-electron chi connectivity index (χ1n) is 10.1. The van der Waals surface area contributed by atoms with E-state index in [9.17, 15) is 0 Å². The molecule has 4 heteroatoms. The molecule has 2 N–H and O–H groups in total. The van der Waals surface area contributed by atoms with Crippen LogP contribution in [-0.2, 0) is 12.8 Å². The Labute approximate surface area is 167 Å². The first-order chi connectivity index (χ1) is 13.7. The molecule has 0 unspecified atom stereocenters. The summed E-state index contributed by atoms with van der Waals surface area (Å²) in [5.41, 5.74) is 7.40. The van der Waals surface area contributed by atoms with Crippen molar-refractivity contribution in [3.63, 3.8) is 0 Å². The number of anilines is 1. The van der Waals surface area contributed by atoms with Crippen molar-refractivity contribution in [1.82, 2.24) is 15.3 Å². The zero-order valence-electron chi connectivity index (χ0n) is 16.7. The second-order valence-corrected chi connectivity index (χ2v) is 7.69. The molecular formula is C24H28N4. The smallest absolute Gasteiger partial charge is 0.0638 e. The van der Waals surface area contributed by atoms with Gasteiger partial charge in [0.15, 0.2) is 0 Å². The van der Waals surface area contributed by atoms with E-state index in [4.69, 9.17) is 0 Å². The molecule has 4 nitrogen and oxygen atoms in total. The van der Waals surface area contributed by atoms with Gasteiger partial charge in [-0.1, -0.05) is 30.3 Å². The molecule has 2 aromatic heterocycles. The summed E-state index contributed by atoms with van der Waals surface area (Å²) in [6.07, 6.45) is 5.88. The van der Waals surface area contributed by atoms with Gasteiger partial charge in [0.25, 0.3) is 0 Å². The van der Waals surface area contributed by atoms with Crippen LogP contribution in [0.4, 0.5) is 5.69 Å². The number of benzene rings is 1. The van der Waals surface area contributed by atoms with E-state index in [0.29, 0.717) is 12.0 Å². The van der Waals surface area contributed by atoms with Crippen LogP contribution in [0.15, 0.2) is 60.9 Å². The average Bonchev–Trinajstić information content (AvgIpc) is 2.73. The molecule has 28 heavy (non-hydrogen) atoms. The lowest BCUT2D eigenvalue weighted by molar-refractivity contribution is 0.365. The predicted molar refractivity (Wildman–Crippen MR) is 115 cm³/mol. The lowest BCUT2D eigenvalue weighted by Gasteiger charge is -2.33. The topological polar surface area (TPSA) is 49.8 Å². The SMILES string of the molecule is Cc1cc(C)c(CCN[C@H](c2ccccc2)[C@H]2CNc3cccnc3C2)cn1. The Morgan fingerprint density at radius 2 is 1.96 bits per heavy atom. The quantitative estimate of drug-likeness (QED) is 0.679. The molecule has 0 radical (unpaired) electrons. The van der Waals surface area contributed by atoms with Crippen molar-refractivity contribution in [1.29, 1.82) is 0 Å². The summed E-state index contributed by atoms with van der Waals surface area (Å²) >= 11 is 0. The molecule has 1 aliphatic rings. The summed E-state index contributed by atoms with van der Waals surface area (Å²) in [6.45, 7) is 6.10. The van der Waals surface area contributed by atoms with Crippen LogP contribution < -0.4 is 10.6 Å². The minimum atomic E-state index is 0.294. The van der Waals surface area contributed by atoms with Crippen molar-refractivity contribution >= 4 is 5.69 Å². The minimum Gasteiger partial charge on any atom is -0.383 e. The van der Waals surface area contributed by atoms with E-state index in [2.05, 4.69) is 70.0 Å². The van der Waals surface area contributed by atoms with Gasteiger partial charge in [0, 0.05) is 36.6 Å². The number of aryl methyl sites for hydroxylation is 2. The minimum absolute atomic E-state index is 0.294. The zero-order chi connectivity index (χ0) is 19.3. The maximum Gasteiger partial charge on any atom is 0.0638 e. The second kappa shape index (κ2) is 8.53. The maximum atomic E-state index is 4.59. The van der Waals surface area contributed by atoms with Crippen LogP contribution >= 0.6 is 0 Å². The largest absolute Gasteiger partial charge is 0.383 e. The highest BCUT2D eigenvalue weighted by Gasteiger charge is 2.27. The highest BCUT2D eigenvalue weighted by molar-refractivity contribution is 5.50. The highest BCUT2D eigenvalue weighted by atomic mass is 15.0. The number of rotatable bonds is 6. The third-order valence-electron chi connectivity index (χ3n) is 5.65. The van der Waals surface area contributed by atoms with Crippen LogP contribution in [0.3, 0.4) is 0 Å². The lowest BCUT2D eigenvalue weighted by Crippen LogP contribution is -2.37. The monoisotopic (exact) mass is 372 g/mol. The Hall–Kier alpha value is -2.72. The molecule has 144 valence electrons. The summed E-state index contributed by atoms with van der Waals surface area (Å²) in [5, 5.41) is 7.41. The van der Waals surface area contributed by atoms with Crippen molar-refractivity contribution in [2.45, 2.75) is 32.7 Å². The average molecular weight is 373 g/mol. The van der Waals surface area contributed by atoms with Gasteiger partial charge in [0.2, 0.25) is 0 Å². The summed E-state index contributed by atoms with van der Waals surface area (Å²) < 4.78 is 0. The number of pyridine rings is 2. The first kappa shape index (κ1) is 18.6. The molecule has 0 saturated carbocycles. The lowest BCUT2D eigenvalue weighted by atomic mass is 9.86. The van der Waals surface area contributed by atoms with Gasteiger partial charge < -0.3 is 10.6 Å². The molecule has 0 amide bonds. The second-order valence-electron chi connectivity index (χ2n) is 7.69. The third kappa shape index (κ3) is 4.23. The maximum absolute atomic E-state index is 4.59. The molecule has 0 fully saturated rings. The van der Waals surface area contributed by atoms with E-state index in [0.717, 1.165) is 31.6 Å². The van der Waals surface area contributed by atoms with E-state index in [1.807, 2.05) is 25.4 Å². The van der Waals surface area contributed by atoms with Crippen molar-refractivity contribution in [2.24, 2.45) is 5.92 Å². The van der Waals surface area contributed by atoms with Crippen LogP contribution in [0.1, 0.15) is 34.1 Å². The van der Waals surface area contributed by atoms with Gasteiger partial charge >= 0.3 is 0 Å². The standard InChI is InChI=1S/C24H28N4/c1-17-13-18(2)27-15-20(17)10-12-26-24(19-7-4-3-5-8-19)21-14-23-22(28-16-21)9-6-11-25-23/h3-9,11,13,15,21,24,26,28H,10,12,14,16H2,1-2H3/t21-,24-/m1/s1. The van der Waals surface area contributed by atoms with Crippen molar-refractivity contribution in [2.75, 3.05) is 18.4 Å². The third-order valence-corrected chi connectivity index (χ3v) is 5.65.